The van der Waals surface area contributed by atoms with Gasteiger partial charge in [-0.15, -0.1) is 11.6 Å². The zero-order chi connectivity index (χ0) is 41.5. The summed E-state index contributed by atoms with van der Waals surface area (Å²) in [5.41, 5.74) is 1.71. The number of esters is 1. The van der Waals surface area contributed by atoms with Crippen LogP contribution in [0.4, 0.5) is 0 Å². The smallest absolute Gasteiger partial charge is 0.329 e. The van der Waals surface area contributed by atoms with Crippen LogP contribution in [-0.2, 0) is 42.9 Å². The number of piperidine rings is 1. The number of halogens is 1. The first-order valence-corrected chi connectivity index (χ1v) is 21.2. The van der Waals surface area contributed by atoms with E-state index < -0.39 is 77.8 Å². The molecule has 0 radical (unpaired) electrons. The summed E-state index contributed by atoms with van der Waals surface area (Å²) in [6.45, 7) is 11.3. The molecule has 4 aliphatic rings. The lowest BCUT2D eigenvalue weighted by Gasteiger charge is -2.47. The van der Waals surface area contributed by atoms with Gasteiger partial charge in [0.1, 0.15) is 24.0 Å². The van der Waals surface area contributed by atoms with Crippen molar-refractivity contribution in [3.8, 4) is 0 Å². The minimum atomic E-state index is -2.49. The number of alkyl halides is 1. The number of ether oxygens (including phenoxy) is 5. The maximum atomic E-state index is 14.3. The fraction of sp³-hybridized carbons (Fsp3) is 0.814. The second-order valence-electron chi connectivity index (χ2n) is 17.1. The summed E-state index contributed by atoms with van der Waals surface area (Å²) in [5.74, 6) is -7.31. The highest BCUT2D eigenvalue weighted by molar-refractivity contribution is 6.39. The molecule has 0 aromatic rings. The van der Waals surface area contributed by atoms with Gasteiger partial charge in [-0.05, 0) is 95.5 Å². The quantitative estimate of drug-likeness (QED) is 0.146. The lowest BCUT2D eigenvalue weighted by Crippen LogP contribution is -2.64. The van der Waals surface area contributed by atoms with E-state index in [4.69, 9.17) is 35.3 Å². The fourth-order valence-corrected chi connectivity index (χ4v) is 9.69. The number of Topliss-reactive ketones (excluding diaryl/α,β-unsaturated/α-hetero) is 2. The molecule has 1 aliphatic carbocycles. The molecule has 14 atom stereocenters. The molecule has 2 saturated heterocycles. The van der Waals surface area contributed by atoms with Crippen molar-refractivity contribution in [2.24, 2.45) is 29.6 Å². The molecule has 3 fully saturated rings. The molecule has 3 heterocycles. The lowest BCUT2D eigenvalue weighted by atomic mass is 9.82. The Morgan fingerprint density at radius 3 is 2.27 bits per heavy atom. The first-order chi connectivity index (χ1) is 26.5. The molecule has 1 saturated carbocycles. The third-order valence-electron chi connectivity index (χ3n) is 12.8. The predicted octanol–water partition coefficient (Wildman–Crippen LogP) is 5.72. The van der Waals surface area contributed by atoms with Gasteiger partial charge in [-0.3, -0.25) is 14.4 Å². The van der Waals surface area contributed by atoms with Crippen molar-refractivity contribution >= 4 is 35.0 Å². The zero-order valence-corrected chi connectivity index (χ0v) is 35.8. The molecule has 2 N–H and O–H groups in total. The number of hydrogen-bond acceptors (Lipinski definition) is 11. The highest BCUT2D eigenvalue weighted by atomic mass is 35.5. The van der Waals surface area contributed by atoms with Gasteiger partial charge < -0.3 is 38.8 Å². The number of amides is 1. The summed E-state index contributed by atoms with van der Waals surface area (Å²) < 4.78 is 29.9. The van der Waals surface area contributed by atoms with Gasteiger partial charge in [0.05, 0.1) is 29.8 Å². The van der Waals surface area contributed by atoms with E-state index in [1.54, 1.807) is 21.0 Å². The van der Waals surface area contributed by atoms with Gasteiger partial charge in [0.2, 0.25) is 5.79 Å². The Labute approximate surface area is 339 Å². The summed E-state index contributed by atoms with van der Waals surface area (Å²) in [7, 11) is 4.71. The number of carbonyl (C=O) groups is 4. The van der Waals surface area contributed by atoms with E-state index in [0.717, 1.165) is 18.4 Å². The number of methoxy groups -OCH3 is 3. The van der Waals surface area contributed by atoms with Crippen LogP contribution in [0.3, 0.4) is 0 Å². The summed E-state index contributed by atoms with van der Waals surface area (Å²) in [5, 5.41) is 23.6. The van der Waals surface area contributed by atoms with E-state index in [1.807, 2.05) is 32.9 Å². The summed E-state index contributed by atoms with van der Waals surface area (Å²) in [6, 6.07) is -1.12. The van der Waals surface area contributed by atoms with Gasteiger partial charge in [0.25, 0.3) is 11.7 Å². The topological polar surface area (TPSA) is 158 Å². The number of allylic oxidation sites excluding steroid dienone is 3. The van der Waals surface area contributed by atoms with Crippen LogP contribution in [0.2, 0.25) is 0 Å². The largest absolute Gasteiger partial charge is 0.456 e. The molecular weight excluding hydrogens is 742 g/mol. The predicted molar refractivity (Wildman–Crippen MR) is 212 cm³/mol. The number of fused-ring (bicyclic) bond motifs is 3. The molecule has 4 rings (SSSR count). The van der Waals surface area contributed by atoms with Gasteiger partial charge in [-0.1, -0.05) is 45.4 Å². The Morgan fingerprint density at radius 2 is 1.62 bits per heavy atom. The molecule has 3 aliphatic heterocycles. The molecule has 13 heteroatoms. The third kappa shape index (κ3) is 10.9. The molecule has 2 bridgehead atoms. The van der Waals surface area contributed by atoms with Crippen molar-refractivity contribution < 1.29 is 53.1 Å². The van der Waals surface area contributed by atoms with E-state index in [9.17, 15) is 29.4 Å². The van der Waals surface area contributed by atoms with Crippen molar-refractivity contribution in [2.45, 2.75) is 166 Å². The third-order valence-corrected chi connectivity index (χ3v) is 13.3. The number of aliphatic hydroxyl groups is 2. The van der Waals surface area contributed by atoms with Crippen molar-refractivity contribution in [1.29, 1.82) is 0 Å². The monoisotopic (exact) mass is 809 g/mol. The molecule has 0 spiro atoms. The second kappa shape index (κ2) is 20.7. The van der Waals surface area contributed by atoms with Crippen molar-refractivity contribution in [1.82, 2.24) is 4.90 Å². The Kier molecular flexibility index (Phi) is 17.2. The highest BCUT2D eigenvalue weighted by Crippen LogP contribution is 2.39. The molecule has 12 nitrogen and oxygen atoms in total. The number of carbonyl (C=O) groups excluding carboxylic acids is 4. The number of hydrogen-bond donors (Lipinski definition) is 2. The summed E-state index contributed by atoms with van der Waals surface area (Å²) in [6.07, 6.45) is 5.16. The SMILES string of the molecule is CC[C@@H]1/C=C(\C)C[C@H](C)C[C@H](OC)[C@H]2O[C@@](O)(C(=O)C(=O)N3CCCC[C@H]3C(=O)O[C@H](/C(C)=C/C3CC[C@H](Cl)[C@H](OC)C3)[C@H](C)[C@@H](O)CC1=O)[C@H](C)C[C@@H]2OC. The molecule has 0 aromatic carbocycles. The first kappa shape index (κ1) is 46.5. The van der Waals surface area contributed by atoms with E-state index in [2.05, 4.69) is 6.92 Å². The summed E-state index contributed by atoms with van der Waals surface area (Å²) >= 11 is 6.52. The van der Waals surface area contributed by atoms with Crippen LogP contribution in [0, 0.1) is 29.6 Å². The van der Waals surface area contributed by atoms with Crippen LogP contribution in [-0.4, -0.2) is 120 Å². The fourth-order valence-electron chi connectivity index (χ4n) is 9.36. The minimum absolute atomic E-state index is 0.0425. The first-order valence-electron chi connectivity index (χ1n) is 20.7. The zero-order valence-electron chi connectivity index (χ0n) is 35.0. The molecule has 1 unspecified atom stereocenters. The minimum Gasteiger partial charge on any atom is -0.456 e. The van der Waals surface area contributed by atoms with E-state index in [-0.39, 0.29) is 54.9 Å². The molecular formula is C43H68ClNO11. The van der Waals surface area contributed by atoms with Crippen LogP contribution in [0.25, 0.3) is 0 Å². The van der Waals surface area contributed by atoms with Gasteiger partial charge >= 0.3 is 5.97 Å². The van der Waals surface area contributed by atoms with Crippen LogP contribution in [0.1, 0.15) is 112 Å². The van der Waals surface area contributed by atoms with Crippen LogP contribution in [0.15, 0.2) is 23.3 Å². The normalized spacial score (nSPS) is 41.6. The Hall–Kier alpha value is -2.19. The van der Waals surface area contributed by atoms with E-state index in [0.29, 0.717) is 44.1 Å². The van der Waals surface area contributed by atoms with Crippen molar-refractivity contribution in [2.75, 3.05) is 27.9 Å². The maximum absolute atomic E-state index is 14.3. The lowest BCUT2D eigenvalue weighted by molar-refractivity contribution is -0.302. The number of rotatable bonds is 6. The van der Waals surface area contributed by atoms with Gasteiger partial charge in [0, 0.05) is 52.0 Å². The summed E-state index contributed by atoms with van der Waals surface area (Å²) in [4.78, 5) is 57.7. The molecule has 1 amide bonds. The molecule has 56 heavy (non-hydrogen) atoms. The average Bonchev–Trinajstić information content (AvgIpc) is 3.18. The average molecular weight is 810 g/mol. The van der Waals surface area contributed by atoms with Crippen LogP contribution >= 0.6 is 11.6 Å². The van der Waals surface area contributed by atoms with E-state index >= 15 is 0 Å². The number of cyclic esters (lactones) is 1. The molecule has 0 aromatic heterocycles. The van der Waals surface area contributed by atoms with E-state index in [1.165, 1.54) is 19.1 Å². The number of aliphatic hydroxyl groups excluding tert-OH is 1. The molecule has 318 valence electrons. The van der Waals surface area contributed by atoms with Crippen LogP contribution in [0.5, 0.6) is 0 Å². The number of nitrogens with zero attached hydrogens (tertiary/aromatic N) is 1. The Morgan fingerprint density at radius 1 is 0.964 bits per heavy atom. The number of ketones is 2. The Balaban J connectivity index is 1.76. The standard InChI is InChI=1S/C43H68ClNO11/c1-10-30-18-24(2)17-25(3)19-36(53-8)39-37(54-9)21-27(5)43(51,56-39)40(48)41(49)45-16-12-11-13-32(45)42(50)55-38(28(6)33(46)23-34(30)47)26(4)20-29-14-15-31(44)35(22-29)52-7/h18,20,25,27-33,35-39,46,51H,10-17,19,21-23H2,1-9H3/b24-18+,26-20+/t25-,27+,28+,29?,30+,31-,32-,33-,35+,36-,37-,38+,39+,43+/m0/s1. The van der Waals surface area contributed by atoms with Crippen LogP contribution < -0.4 is 0 Å². The maximum Gasteiger partial charge on any atom is 0.329 e. The van der Waals surface area contributed by atoms with Crippen molar-refractivity contribution in [3.63, 3.8) is 0 Å². The van der Waals surface area contributed by atoms with Gasteiger partial charge in [-0.2, -0.15) is 0 Å². The van der Waals surface area contributed by atoms with Gasteiger partial charge in [-0.25, -0.2) is 4.79 Å². The Bertz CT molecular complexity index is 1440. The second-order valence-corrected chi connectivity index (χ2v) is 17.7. The van der Waals surface area contributed by atoms with Crippen molar-refractivity contribution in [3.05, 3.63) is 23.3 Å². The van der Waals surface area contributed by atoms with Gasteiger partial charge in [0.15, 0.2) is 0 Å². The highest BCUT2D eigenvalue weighted by Gasteiger charge is 2.56.